The van der Waals surface area contributed by atoms with E-state index in [1.807, 2.05) is 27.7 Å². The van der Waals surface area contributed by atoms with Gasteiger partial charge in [-0.25, -0.2) is 0 Å². The lowest BCUT2D eigenvalue weighted by molar-refractivity contribution is -0.154. The predicted molar refractivity (Wildman–Crippen MR) is 67.6 cm³/mol. The van der Waals surface area contributed by atoms with Crippen molar-refractivity contribution in [2.45, 2.75) is 53.4 Å². The Morgan fingerprint density at radius 3 is 2.41 bits per heavy atom. The smallest absolute Gasteiger partial charge is 0.311 e. The van der Waals surface area contributed by atoms with E-state index in [4.69, 9.17) is 4.74 Å². The maximum Gasteiger partial charge on any atom is 0.311 e. The molecular weight excluding hydrogens is 218 g/mol. The van der Waals surface area contributed by atoms with Gasteiger partial charge in [0.15, 0.2) is 0 Å². The first kappa shape index (κ1) is 15.9. The first-order valence-corrected chi connectivity index (χ1v) is 6.38. The SMILES string of the molecule is CCCC(=O)NCCCOC(=O)C(C)(C)CC. The maximum atomic E-state index is 11.6. The largest absolute Gasteiger partial charge is 0.465 e. The highest BCUT2D eigenvalue weighted by molar-refractivity contribution is 5.76. The molecule has 0 aromatic carbocycles. The van der Waals surface area contributed by atoms with E-state index in [0.717, 1.165) is 12.8 Å². The number of nitrogens with one attached hydrogen (secondary N) is 1. The lowest BCUT2D eigenvalue weighted by atomic mass is 9.91. The molecule has 4 nitrogen and oxygen atoms in total. The molecule has 0 saturated carbocycles. The summed E-state index contributed by atoms with van der Waals surface area (Å²) in [5, 5.41) is 2.78. The molecule has 0 heterocycles. The summed E-state index contributed by atoms with van der Waals surface area (Å²) >= 11 is 0. The van der Waals surface area contributed by atoms with E-state index < -0.39 is 5.41 Å². The van der Waals surface area contributed by atoms with Gasteiger partial charge < -0.3 is 10.1 Å². The van der Waals surface area contributed by atoms with Crippen LogP contribution in [-0.2, 0) is 14.3 Å². The zero-order valence-corrected chi connectivity index (χ0v) is 11.5. The predicted octanol–water partition coefficient (Wildman–Crippen LogP) is 2.27. The number of hydrogen-bond donors (Lipinski definition) is 1. The fourth-order valence-electron chi connectivity index (χ4n) is 1.12. The first-order chi connectivity index (χ1) is 7.94. The maximum absolute atomic E-state index is 11.6. The first-order valence-electron chi connectivity index (χ1n) is 6.38. The highest BCUT2D eigenvalue weighted by Crippen LogP contribution is 2.21. The number of ether oxygens (including phenoxy) is 1. The third kappa shape index (κ3) is 6.97. The minimum atomic E-state index is -0.411. The molecule has 0 radical (unpaired) electrons. The molecule has 0 unspecified atom stereocenters. The van der Waals surface area contributed by atoms with Crippen LogP contribution in [0.2, 0.25) is 0 Å². The highest BCUT2D eigenvalue weighted by atomic mass is 16.5. The zero-order valence-electron chi connectivity index (χ0n) is 11.5. The molecule has 0 bridgehead atoms. The average Bonchev–Trinajstić information content (AvgIpc) is 2.28. The average molecular weight is 243 g/mol. The Morgan fingerprint density at radius 2 is 1.88 bits per heavy atom. The van der Waals surface area contributed by atoms with Crippen molar-refractivity contribution in [1.82, 2.24) is 5.32 Å². The standard InChI is InChI=1S/C13H25NO3/c1-5-8-11(15)14-9-7-10-17-12(16)13(3,4)6-2/h5-10H2,1-4H3,(H,14,15). The second-order valence-electron chi connectivity index (χ2n) is 4.83. The van der Waals surface area contributed by atoms with Gasteiger partial charge in [-0.05, 0) is 33.1 Å². The number of esters is 1. The van der Waals surface area contributed by atoms with Gasteiger partial charge in [0.25, 0.3) is 0 Å². The summed E-state index contributed by atoms with van der Waals surface area (Å²) < 4.78 is 5.15. The lowest BCUT2D eigenvalue weighted by Gasteiger charge is -2.20. The number of hydrogen-bond acceptors (Lipinski definition) is 3. The van der Waals surface area contributed by atoms with Gasteiger partial charge >= 0.3 is 5.97 Å². The lowest BCUT2D eigenvalue weighted by Crippen LogP contribution is -2.28. The molecule has 0 aromatic rings. The van der Waals surface area contributed by atoms with Crippen LogP contribution in [0, 0.1) is 5.41 Å². The normalized spacial score (nSPS) is 11.1. The number of carbonyl (C=O) groups is 2. The molecule has 100 valence electrons. The molecule has 0 saturated heterocycles. The molecule has 0 spiro atoms. The van der Waals surface area contributed by atoms with Crippen molar-refractivity contribution < 1.29 is 14.3 Å². The van der Waals surface area contributed by atoms with Crippen molar-refractivity contribution in [2.24, 2.45) is 5.41 Å². The summed E-state index contributed by atoms with van der Waals surface area (Å²) in [7, 11) is 0. The van der Waals surface area contributed by atoms with Crippen LogP contribution in [0.5, 0.6) is 0 Å². The molecule has 0 fully saturated rings. The van der Waals surface area contributed by atoms with Crippen molar-refractivity contribution in [1.29, 1.82) is 0 Å². The fraction of sp³-hybridized carbons (Fsp3) is 0.846. The van der Waals surface area contributed by atoms with Gasteiger partial charge in [0, 0.05) is 13.0 Å². The van der Waals surface area contributed by atoms with E-state index in [-0.39, 0.29) is 11.9 Å². The zero-order chi connectivity index (χ0) is 13.3. The van der Waals surface area contributed by atoms with Crippen LogP contribution in [-0.4, -0.2) is 25.0 Å². The number of amides is 1. The highest BCUT2D eigenvalue weighted by Gasteiger charge is 2.26. The molecule has 0 rings (SSSR count). The molecule has 0 aromatic heterocycles. The van der Waals surface area contributed by atoms with E-state index in [0.29, 0.717) is 26.0 Å². The molecule has 17 heavy (non-hydrogen) atoms. The van der Waals surface area contributed by atoms with Gasteiger partial charge in [0.05, 0.1) is 12.0 Å². The van der Waals surface area contributed by atoms with Crippen LogP contribution >= 0.6 is 0 Å². The van der Waals surface area contributed by atoms with E-state index in [1.165, 1.54) is 0 Å². The number of carbonyl (C=O) groups excluding carboxylic acids is 2. The summed E-state index contributed by atoms with van der Waals surface area (Å²) in [6.45, 7) is 8.62. The fourth-order valence-corrected chi connectivity index (χ4v) is 1.12. The minimum Gasteiger partial charge on any atom is -0.465 e. The molecule has 1 N–H and O–H groups in total. The molecule has 0 aliphatic rings. The van der Waals surface area contributed by atoms with Crippen LogP contribution in [0.25, 0.3) is 0 Å². The molecule has 0 aliphatic heterocycles. The second kappa shape index (κ2) is 8.09. The van der Waals surface area contributed by atoms with E-state index in [9.17, 15) is 9.59 Å². The Bertz CT molecular complexity index is 249. The Hall–Kier alpha value is -1.06. The van der Waals surface area contributed by atoms with Crippen molar-refractivity contribution in [3.05, 3.63) is 0 Å². The Labute approximate surface area is 104 Å². The molecule has 4 heteroatoms. The van der Waals surface area contributed by atoms with Crippen molar-refractivity contribution in [3.8, 4) is 0 Å². The Kier molecular flexibility index (Phi) is 7.59. The van der Waals surface area contributed by atoms with Gasteiger partial charge in [-0.3, -0.25) is 9.59 Å². The van der Waals surface area contributed by atoms with Crippen LogP contribution in [0.4, 0.5) is 0 Å². The summed E-state index contributed by atoms with van der Waals surface area (Å²) in [6, 6.07) is 0. The minimum absolute atomic E-state index is 0.0627. The third-order valence-electron chi connectivity index (χ3n) is 2.79. The van der Waals surface area contributed by atoms with Crippen LogP contribution in [0.15, 0.2) is 0 Å². The molecule has 0 atom stereocenters. The van der Waals surface area contributed by atoms with Gasteiger partial charge in [0.1, 0.15) is 0 Å². The van der Waals surface area contributed by atoms with E-state index in [2.05, 4.69) is 5.32 Å². The van der Waals surface area contributed by atoms with Gasteiger partial charge in [0.2, 0.25) is 5.91 Å². The van der Waals surface area contributed by atoms with Crippen molar-refractivity contribution in [3.63, 3.8) is 0 Å². The summed E-state index contributed by atoms with van der Waals surface area (Å²) in [5.41, 5.74) is -0.411. The van der Waals surface area contributed by atoms with Crippen LogP contribution in [0.1, 0.15) is 53.4 Å². The second-order valence-corrected chi connectivity index (χ2v) is 4.83. The summed E-state index contributed by atoms with van der Waals surface area (Å²) in [6.07, 6.45) is 2.84. The summed E-state index contributed by atoms with van der Waals surface area (Å²) in [4.78, 5) is 22.7. The summed E-state index contributed by atoms with van der Waals surface area (Å²) in [5.74, 6) is -0.104. The monoisotopic (exact) mass is 243 g/mol. The third-order valence-corrected chi connectivity index (χ3v) is 2.79. The Balaban J connectivity index is 3.59. The van der Waals surface area contributed by atoms with Gasteiger partial charge in [-0.1, -0.05) is 13.8 Å². The van der Waals surface area contributed by atoms with E-state index >= 15 is 0 Å². The van der Waals surface area contributed by atoms with Crippen molar-refractivity contribution in [2.75, 3.05) is 13.2 Å². The van der Waals surface area contributed by atoms with Crippen molar-refractivity contribution >= 4 is 11.9 Å². The topological polar surface area (TPSA) is 55.4 Å². The quantitative estimate of drug-likeness (QED) is 0.525. The van der Waals surface area contributed by atoms with Gasteiger partial charge in [-0.15, -0.1) is 0 Å². The van der Waals surface area contributed by atoms with E-state index in [1.54, 1.807) is 0 Å². The van der Waals surface area contributed by atoms with Gasteiger partial charge in [-0.2, -0.15) is 0 Å². The Morgan fingerprint density at radius 1 is 1.24 bits per heavy atom. The molecule has 1 amide bonds. The van der Waals surface area contributed by atoms with Crippen LogP contribution in [0.3, 0.4) is 0 Å². The molecular formula is C13H25NO3. The molecule has 0 aliphatic carbocycles. The van der Waals surface area contributed by atoms with Crippen LogP contribution < -0.4 is 5.32 Å². The number of rotatable bonds is 8.